The van der Waals surface area contributed by atoms with Gasteiger partial charge >= 0.3 is 5.97 Å². The van der Waals surface area contributed by atoms with Crippen molar-refractivity contribution in [1.29, 1.82) is 0 Å². The Labute approximate surface area is 187 Å². The molecule has 2 aromatic rings. The standard InChI is InChI=1S/C24H28N2O6/c1-4-30-20-11-8-18(13-21(20)31-5-2)25-22(27)15-32-24(29)17-12-23(28)26(14-17)19-9-6-16(3)7-10-19/h6-11,13,17H,4-5,12,14-15H2,1-3H3,(H,25,27). The van der Waals surface area contributed by atoms with Crippen LogP contribution in [0.1, 0.15) is 25.8 Å². The molecule has 1 atom stereocenters. The molecule has 1 aliphatic heterocycles. The van der Waals surface area contributed by atoms with Crippen LogP contribution < -0.4 is 19.7 Å². The van der Waals surface area contributed by atoms with Gasteiger partial charge in [-0.3, -0.25) is 14.4 Å². The van der Waals surface area contributed by atoms with E-state index in [0.29, 0.717) is 30.4 Å². The number of ether oxygens (including phenoxy) is 3. The number of hydrogen-bond acceptors (Lipinski definition) is 6. The van der Waals surface area contributed by atoms with Crippen molar-refractivity contribution < 1.29 is 28.6 Å². The van der Waals surface area contributed by atoms with Crippen molar-refractivity contribution in [2.45, 2.75) is 27.2 Å². The lowest BCUT2D eigenvalue weighted by Crippen LogP contribution is -2.28. The second-order valence-corrected chi connectivity index (χ2v) is 7.42. The normalized spacial score (nSPS) is 15.4. The molecule has 32 heavy (non-hydrogen) atoms. The topological polar surface area (TPSA) is 94.2 Å². The molecule has 1 fully saturated rings. The lowest BCUT2D eigenvalue weighted by atomic mass is 10.1. The molecule has 0 radical (unpaired) electrons. The van der Waals surface area contributed by atoms with E-state index in [9.17, 15) is 14.4 Å². The number of carbonyl (C=O) groups is 3. The molecule has 0 saturated carbocycles. The quantitative estimate of drug-likeness (QED) is 0.601. The third-order valence-corrected chi connectivity index (χ3v) is 4.98. The molecule has 2 amide bonds. The molecule has 0 spiro atoms. The highest BCUT2D eigenvalue weighted by Crippen LogP contribution is 2.30. The van der Waals surface area contributed by atoms with Gasteiger partial charge in [-0.25, -0.2) is 0 Å². The number of anilines is 2. The molecule has 3 rings (SSSR count). The molecule has 0 aromatic heterocycles. The summed E-state index contributed by atoms with van der Waals surface area (Å²) in [6.07, 6.45) is 0.0605. The SMILES string of the molecule is CCOc1ccc(NC(=O)COC(=O)C2CC(=O)N(c3ccc(C)cc3)C2)cc1OCC. The van der Waals surface area contributed by atoms with E-state index in [0.717, 1.165) is 11.3 Å². The highest BCUT2D eigenvalue weighted by atomic mass is 16.5. The number of carbonyl (C=O) groups excluding carboxylic acids is 3. The van der Waals surface area contributed by atoms with Crippen molar-refractivity contribution in [3.05, 3.63) is 48.0 Å². The fraction of sp³-hybridized carbons (Fsp3) is 0.375. The molecular weight excluding hydrogens is 412 g/mol. The van der Waals surface area contributed by atoms with Gasteiger partial charge in [-0.2, -0.15) is 0 Å². The number of benzene rings is 2. The summed E-state index contributed by atoms with van der Waals surface area (Å²) in [5, 5.41) is 2.68. The molecule has 8 nitrogen and oxygen atoms in total. The first-order valence-electron chi connectivity index (χ1n) is 10.6. The Bertz CT molecular complexity index is 973. The average Bonchev–Trinajstić information content (AvgIpc) is 3.16. The van der Waals surface area contributed by atoms with Gasteiger partial charge in [0, 0.05) is 30.4 Å². The largest absolute Gasteiger partial charge is 0.490 e. The molecule has 8 heteroatoms. The van der Waals surface area contributed by atoms with Crippen molar-refractivity contribution >= 4 is 29.2 Å². The highest BCUT2D eigenvalue weighted by molar-refractivity contribution is 6.00. The lowest BCUT2D eigenvalue weighted by molar-refractivity contribution is -0.151. The minimum absolute atomic E-state index is 0.0605. The fourth-order valence-electron chi connectivity index (χ4n) is 3.42. The van der Waals surface area contributed by atoms with Crippen LogP contribution in [0.15, 0.2) is 42.5 Å². The number of aryl methyl sites for hydroxylation is 1. The van der Waals surface area contributed by atoms with Crippen LogP contribution in [0, 0.1) is 12.8 Å². The number of hydrogen-bond donors (Lipinski definition) is 1. The van der Waals surface area contributed by atoms with Gasteiger partial charge in [0.25, 0.3) is 5.91 Å². The van der Waals surface area contributed by atoms with Crippen molar-refractivity contribution in [2.75, 3.05) is 36.6 Å². The Balaban J connectivity index is 1.52. The molecule has 1 unspecified atom stereocenters. The highest BCUT2D eigenvalue weighted by Gasteiger charge is 2.36. The number of nitrogens with zero attached hydrogens (tertiary/aromatic N) is 1. The van der Waals surface area contributed by atoms with Crippen molar-refractivity contribution in [1.82, 2.24) is 0 Å². The summed E-state index contributed by atoms with van der Waals surface area (Å²) in [4.78, 5) is 38.6. The zero-order valence-corrected chi connectivity index (χ0v) is 18.6. The van der Waals surface area contributed by atoms with E-state index in [4.69, 9.17) is 14.2 Å². The number of nitrogens with one attached hydrogen (secondary N) is 1. The molecular formula is C24H28N2O6. The van der Waals surface area contributed by atoms with Crippen molar-refractivity contribution in [3.63, 3.8) is 0 Å². The van der Waals surface area contributed by atoms with E-state index in [-0.39, 0.29) is 18.9 Å². The summed E-state index contributed by atoms with van der Waals surface area (Å²) < 4.78 is 16.2. The van der Waals surface area contributed by atoms with Crippen LogP contribution in [0.2, 0.25) is 0 Å². The van der Waals surface area contributed by atoms with Gasteiger partial charge in [-0.1, -0.05) is 17.7 Å². The molecule has 1 aliphatic rings. The molecule has 1 heterocycles. The Kier molecular flexibility index (Phi) is 7.70. The van der Waals surface area contributed by atoms with Crippen molar-refractivity contribution in [3.8, 4) is 11.5 Å². The van der Waals surface area contributed by atoms with Gasteiger partial charge < -0.3 is 24.4 Å². The minimum atomic E-state index is -0.605. The number of amides is 2. The predicted molar refractivity (Wildman–Crippen MR) is 120 cm³/mol. The van der Waals surface area contributed by atoms with Crippen LogP contribution in [-0.4, -0.2) is 44.1 Å². The summed E-state index contributed by atoms with van der Waals surface area (Å²) in [5.74, 6) is -0.688. The summed E-state index contributed by atoms with van der Waals surface area (Å²) in [6.45, 7) is 6.43. The van der Waals surface area contributed by atoms with Crippen LogP contribution in [0.3, 0.4) is 0 Å². The van der Waals surface area contributed by atoms with E-state index >= 15 is 0 Å². The Morgan fingerprint density at radius 2 is 1.72 bits per heavy atom. The van der Waals surface area contributed by atoms with Crippen LogP contribution in [0.4, 0.5) is 11.4 Å². The van der Waals surface area contributed by atoms with Crippen LogP contribution in [0.5, 0.6) is 11.5 Å². The van der Waals surface area contributed by atoms with E-state index in [2.05, 4.69) is 5.32 Å². The number of esters is 1. The summed E-state index contributed by atoms with van der Waals surface area (Å²) in [7, 11) is 0. The zero-order chi connectivity index (χ0) is 23.1. The zero-order valence-electron chi connectivity index (χ0n) is 18.6. The Hall–Kier alpha value is -3.55. The lowest BCUT2D eigenvalue weighted by Gasteiger charge is -2.16. The van der Waals surface area contributed by atoms with E-state index in [1.54, 1.807) is 23.1 Å². The van der Waals surface area contributed by atoms with Crippen LogP contribution in [-0.2, 0) is 19.1 Å². The fourth-order valence-corrected chi connectivity index (χ4v) is 3.42. The van der Waals surface area contributed by atoms with Crippen LogP contribution in [0.25, 0.3) is 0 Å². The maximum Gasteiger partial charge on any atom is 0.311 e. The van der Waals surface area contributed by atoms with Gasteiger partial charge in [-0.15, -0.1) is 0 Å². The maximum atomic E-state index is 12.4. The predicted octanol–water partition coefficient (Wildman–Crippen LogP) is 3.33. The van der Waals surface area contributed by atoms with E-state index < -0.39 is 24.4 Å². The van der Waals surface area contributed by atoms with Gasteiger partial charge in [0.2, 0.25) is 5.91 Å². The van der Waals surface area contributed by atoms with Gasteiger partial charge in [-0.05, 0) is 45.0 Å². The third kappa shape index (κ3) is 5.78. The second-order valence-electron chi connectivity index (χ2n) is 7.42. The summed E-state index contributed by atoms with van der Waals surface area (Å²) >= 11 is 0. The molecule has 170 valence electrons. The molecule has 1 N–H and O–H groups in total. The van der Waals surface area contributed by atoms with Crippen LogP contribution >= 0.6 is 0 Å². The van der Waals surface area contributed by atoms with Gasteiger partial charge in [0.05, 0.1) is 19.1 Å². The first-order valence-corrected chi connectivity index (χ1v) is 10.6. The maximum absolute atomic E-state index is 12.4. The number of rotatable bonds is 9. The van der Waals surface area contributed by atoms with E-state index in [1.165, 1.54) is 0 Å². The van der Waals surface area contributed by atoms with E-state index in [1.807, 2.05) is 45.0 Å². The van der Waals surface area contributed by atoms with Gasteiger partial charge in [0.15, 0.2) is 18.1 Å². The molecule has 0 aliphatic carbocycles. The third-order valence-electron chi connectivity index (χ3n) is 4.98. The molecule has 2 aromatic carbocycles. The summed E-state index contributed by atoms with van der Waals surface area (Å²) in [6, 6.07) is 12.6. The Morgan fingerprint density at radius 3 is 2.41 bits per heavy atom. The minimum Gasteiger partial charge on any atom is -0.490 e. The smallest absolute Gasteiger partial charge is 0.311 e. The molecule has 1 saturated heterocycles. The summed E-state index contributed by atoms with van der Waals surface area (Å²) in [5.41, 5.74) is 2.33. The van der Waals surface area contributed by atoms with Gasteiger partial charge in [0.1, 0.15) is 0 Å². The van der Waals surface area contributed by atoms with Crippen molar-refractivity contribution in [2.24, 2.45) is 5.92 Å². The molecule has 0 bridgehead atoms. The first-order chi connectivity index (χ1) is 15.4. The Morgan fingerprint density at radius 1 is 1.03 bits per heavy atom. The monoisotopic (exact) mass is 440 g/mol. The average molecular weight is 440 g/mol. The first kappa shape index (κ1) is 23.1. The second kappa shape index (κ2) is 10.7.